The maximum absolute atomic E-state index is 13.7. The number of halogens is 1. The number of nitrogens with zero attached hydrogens (tertiary/aromatic N) is 3. The number of aromatic nitrogens is 2. The van der Waals surface area contributed by atoms with Crippen molar-refractivity contribution >= 4 is 23.4 Å². The van der Waals surface area contributed by atoms with Crippen LogP contribution < -0.4 is 5.32 Å². The molecule has 4 rings (SSSR count). The molecule has 0 aliphatic carbocycles. The molecular weight excluding hydrogens is 440 g/mol. The second kappa shape index (κ2) is 9.77. The molecular formula is C25H27ClN4O3. The van der Waals surface area contributed by atoms with Gasteiger partial charge in [0.1, 0.15) is 11.2 Å². The van der Waals surface area contributed by atoms with Crippen molar-refractivity contribution in [2.45, 2.75) is 32.0 Å². The Morgan fingerprint density at radius 1 is 1.18 bits per heavy atom. The maximum atomic E-state index is 13.7. The number of benzene rings is 2. The Morgan fingerprint density at radius 3 is 2.61 bits per heavy atom. The third-order valence-corrected chi connectivity index (χ3v) is 6.17. The number of fused-ring (bicyclic) bond motifs is 1. The average molecular weight is 467 g/mol. The van der Waals surface area contributed by atoms with Crippen molar-refractivity contribution in [3.8, 4) is 11.3 Å². The predicted molar refractivity (Wildman–Crippen MR) is 127 cm³/mol. The molecule has 1 aliphatic rings. The summed E-state index contributed by atoms with van der Waals surface area (Å²) in [5.74, 6) is -0.455. The fourth-order valence-corrected chi connectivity index (χ4v) is 4.15. The van der Waals surface area contributed by atoms with E-state index in [0.29, 0.717) is 36.0 Å². The van der Waals surface area contributed by atoms with Gasteiger partial charge in [-0.1, -0.05) is 54.1 Å². The lowest BCUT2D eigenvalue weighted by molar-refractivity contribution is -0.133. The Bertz CT molecular complexity index is 1130. The Balaban J connectivity index is 1.68. The molecule has 0 saturated carbocycles. The van der Waals surface area contributed by atoms with Crippen molar-refractivity contribution in [1.82, 2.24) is 20.0 Å². The molecule has 33 heavy (non-hydrogen) atoms. The van der Waals surface area contributed by atoms with Gasteiger partial charge < -0.3 is 15.0 Å². The molecule has 0 bridgehead atoms. The van der Waals surface area contributed by atoms with E-state index in [1.165, 1.54) is 0 Å². The van der Waals surface area contributed by atoms with E-state index in [1.54, 1.807) is 41.8 Å². The molecule has 172 valence electrons. The summed E-state index contributed by atoms with van der Waals surface area (Å²) < 4.78 is 6.72. The highest BCUT2D eigenvalue weighted by Crippen LogP contribution is 2.31. The van der Waals surface area contributed by atoms with Gasteiger partial charge >= 0.3 is 0 Å². The average Bonchev–Trinajstić information content (AvgIpc) is 3.25. The molecule has 2 heterocycles. The topological polar surface area (TPSA) is 76.5 Å². The van der Waals surface area contributed by atoms with Gasteiger partial charge in [-0.25, -0.2) is 0 Å². The van der Waals surface area contributed by atoms with E-state index in [-0.39, 0.29) is 24.9 Å². The SMILES string of the molecule is COCCCNC(=O)[C@]1(C)Cn2nc(-c3ccccc3)cc2C(=O)N1Cc1ccc(Cl)cc1. The normalized spacial score (nSPS) is 17.7. The highest BCUT2D eigenvalue weighted by atomic mass is 35.5. The maximum Gasteiger partial charge on any atom is 0.273 e. The summed E-state index contributed by atoms with van der Waals surface area (Å²) in [4.78, 5) is 28.7. The first-order valence-electron chi connectivity index (χ1n) is 10.9. The summed E-state index contributed by atoms with van der Waals surface area (Å²) in [6.07, 6.45) is 0.689. The van der Waals surface area contributed by atoms with Crippen molar-refractivity contribution in [2.75, 3.05) is 20.3 Å². The minimum Gasteiger partial charge on any atom is -0.385 e. The first kappa shape index (κ1) is 23.0. The lowest BCUT2D eigenvalue weighted by Crippen LogP contribution is -2.63. The number of hydrogen-bond acceptors (Lipinski definition) is 4. The zero-order valence-corrected chi connectivity index (χ0v) is 19.5. The van der Waals surface area contributed by atoms with Gasteiger partial charge in [0.05, 0.1) is 12.2 Å². The minimum atomic E-state index is -1.11. The number of nitrogens with one attached hydrogen (secondary N) is 1. The molecule has 1 atom stereocenters. The molecule has 0 saturated heterocycles. The van der Waals surface area contributed by atoms with Crippen LogP contribution in [0.25, 0.3) is 11.3 Å². The zero-order chi connectivity index (χ0) is 23.4. The van der Waals surface area contributed by atoms with Crippen LogP contribution in [0.2, 0.25) is 5.02 Å². The third kappa shape index (κ3) is 4.79. The van der Waals surface area contributed by atoms with Crippen LogP contribution in [0.4, 0.5) is 0 Å². The van der Waals surface area contributed by atoms with Crippen LogP contribution in [0.5, 0.6) is 0 Å². The Labute approximate surface area is 198 Å². The van der Waals surface area contributed by atoms with Gasteiger partial charge in [0.15, 0.2) is 0 Å². The highest BCUT2D eigenvalue weighted by molar-refractivity contribution is 6.30. The van der Waals surface area contributed by atoms with Gasteiger partial charge in [-0.3, -0.25) is 14.3 Å². The molecule has 2 amide bonds. The van der Waals surface area contributed by atoms with Gasteiger partial charge in [-0.2, -0.15) is 5.10 Å². The summed E-state index contributed by atoms with van der Waals surface area (Å²) in [6.45, 7) is 3.34. The van der Waals surface area contributed by atoms with Crippen molar-refractivity contribution in [1.29, 1.82) is 0 Å². The Hall–Kier alpha value is -3.16. The Kier molecular flexibility index (Phi) is 6.81. The summed E-state index contributed by atoms with van der Waals surface area (Å²) in [5.41, 5.74) is 1.86. The van der Waals surface area contributed by atoms with E-state index < -0.39 is 5.54 Å². The van der Waals surface area contributed by atoms with Crippen LogP contribution in [0.1, 0.15) is 29.4 Å². The van der Waals surface area contributed by atoms with Gasteiger partial charge in [-0.15, -0.1) is 0 Å². The standard InChI is InChI=1S/C25H27ClN4O3/c1-25(24(32)27-13-6-14-33-2)17-30-22(15-21(28-30)19-7-4-3-5-8-19)23(31)29(25)16-18-9-11-20(26)12-10-18/h3-5,7-12,15H,6,13-14,16-17H2,1-2H3,(H,27,32)/t25-/m0/s1. The second-order valence-corrected chi connectivity index (χ2v) is 8.77. The van der Waals surface area contributed by atoms with E-state index in [4.69, 9.17) is 16.3 Å². The van der Waals surface area contributed by atoms with Gasteiger partial charge in [-0.05, 0) is 37.1 Å². The van der Waals surface area contributed by atoms with Gasteiger partial charge in [0.2, 0.25) is 5.91 Å². The van der Waals surface area contributed by atoms with Crippen molar-refractivity contribution in [3.05, 3.63) is 76.9 Å². The van der Waals surface area contributed by atoms with Crippen LogP contribution in [0.15, 0.2) is 60.7 Å². The minimum absolute atomic E-state index is 0.219. The van der Waals surface area contributed by atoms with E-state index in [1.807, 2.05) is 42.5 Å². The van der Waals surface area contributed by atoms with Crippen LogP contribution >= 0.6 is 11.6 Å². The number of rotatable bonds is 8. The first-order valence-corrected chi connectivity index (χ1v) is 11.3. The molecule has 8 heteroatoms. The van der Waals surface area contributed by atoms with E-state index >= 15 is 0 Å². The van der Waals surface area contributed by atoms with Gasteiger partial charge in [0.25, 0.3) is 5.91 Å². The number of methoxy groups -OCH3 is 1. The largest absolute Gasteiger partial charge is 0.385 e. The van der Waals surface area contributed by atoms with Crippen molar-refractivity contribution in [3.63, 3.8) is 0 Å². The molecule has 0 spiro atoms. The molecule has 1 N–H and O–H groups in total. The number of ether oxygens (including phenoxy) is 1. The highest BCUT2D eigenvalue weighted by Gasteiger charge is 2.47. The van der Waals surface area contributed by atoms with Crippen LogP contribution in [0, 0.1) is 0 Å². The molecule has 1 aliphatic heterocycles. The summed E-state index contributed by atoms with van der Waals surface area (Å²) in [6, 6.07) is 18.8. The first-order chi connectivity index (χ1) is 15.9. The molecule has 0 unspecified atom stereocenters. The summed E-state index contributed by atoms with van der Waals surface area (Å²) >= 11 is 6.03. The van der Waals surface area contributed by atoms with Gasteiger partial charge in [0, 0.05) is 37.4 Å². The lowest BCUT2D eigenvalue weighted by atomic mass is 9.94. The molecule has 1 aromatic heterocycles. The summed E-state index contributed by atoms with van der Waals surface area (Å²) in [7, 11) is 1.63. The molecule has 0 fully saturated rings. The van der Waals surface area contributed by atoms with E-state index in [0.717, 1.165) is 11.1 Å². The number of carbonyl (C=O) groups is 2. The van der Waals surface area contributed by atoms with E-state index in [9.17, 15) is 9.59 Å². The molecule has 3 aromatic rings. The van der Waals surface area contributed by atoms with Crippen LogP contribution in [0.3, 0.4) is 0 Å². The fraction of sp³-hybridized carbons (Fsp3) is 0.320. The number of carbonyl (C=O) groups excluding carboxylic acids is 2. The zero-order valence-electron chi connectivity index (χ0n) is 18.8. The van der Waals surface area contributed by atoms with Crippen molar-refractivity contribution in [2.24, 2.45) is 0 Å². The predicted octanol–water partition coefficient (Wildman–Crippen LogP) is 3.77. The Morgan fingerprint density at radius 2 is 1.91 bits per heavy atom. The number of hydrogen-bond donors (Lipinski definition) is 1. The smallest absolute Gasteiger partial charge is 0.273 e. The fourth-order valence-electron chi connectivity index (χ4n) is 4.02. The van der Waals surface area contributed by atoms with E-state index in [2.05, 4.69) is 10.4 Å². The summed E-state index contributed by atoms with van der Waals surface area (Å²) in [5, 5.41) is 8.25. The van der Waals surface area contributed by atoms with Crippen molar-refractivity contribution < 1.29 is 14.3 Å². The van der Waals surface area contributed by atoms with Crippen LogP contribution in [-0.2, 0) is 22.6 Å². The molecule has 2 aromatic carbocycles. The molecule has 0 radical (unpaired) electrons. The third-order valence-electron chi connectivity index (χ3n) is 5.92. The monoisotopic (exact) mass is 466 g/mol. The molecule has 7 nitrogen and oxygen atoms in total. The van der Waals surface area contributed by atoms with Crippen LogP contribution in [-0.4, -0.2) is 52.3 Å². The quantitative estimate of drug-likeness (QED) is 0.513. The number of amides is 2. The second-order valence-electron chi connectivity index (χ2n) is 8.33. The lowest BCUT2D eigenvalue weighted by Gasteiger charge is -2.43.